The number of carbonyl (C=O) groups is 3. The number of carbonyl (C=O) groups excluding carboxylic acids is 2. The quantitative estimate of drug-likeness (QED) is 0.838. The summed E-state index contributed by atoms with van der Waals surface area (Å²) < 4.78 is 5.14. The lowest BCUT2D eigenvalue weighted by atomic mass is 9.73. The molecule has 0 aliphatic carbocycles. The fourth-order valence-corrected chi connectivity index (χ4v) is 3.01. The third-order valence-electron chi connectivity index (χ3n) is 5.13. The van der Waals surface area contributed by atoms with Crippen LogP contribution in [0.15, 0.2) is 30.3 Å². The number of ether oxygens (including phenoxy) is 1. The lowest BCUT2D eigenvalue weighted by molar-refractivity contribution is -0.164. The Hall–Kier alpha value is -2.57. The van der Waals surface area contributed by atoms with Gasteiger partial charge in [0.15, 0.2) is 0 Å². The van der Waals surface area contributed by atoms with Crippen molar-refractivity contribution in [1.82, 2.24) is 10.2 Å². The van der Waals surface area contributed by atoms with Gasteiger partial charge in [-0.05, 0) is 24.3 Å². The SMILES string of the molecule is CC(C)(C)[C@](C)(C(=O)O)N1CC[C@@H](NC(=O)OCc2ccccc2)C1=O. The van der Waals surface area contributed by atoms with Gasteiger partial charge in [-0.15, -0.1) is 0 Å². The average molecular weight is 362 g/mol. The molecule has 1 aliphatic heterocycles. The second kappa shape index (κ2) is 7.35. The number of nitrogens with zero attached hydrogens (tertiary/aromatic N) is 1. The molecule has 1 aromatic rings. The van der Waals surface area contributed by atoms with Gasteiger partial charge < -0.3 is 20.1 Å². The molecule has 26 heavy (non-hydrogen) atoms. The number of likely N-dealkylation sites (tertiary alicyclic amines) is 1. The van der Waals surface area contributed by atoms with E-state index < -0.39 is 35.0 Å². The minimum Gasteiger partial charge on any atom is -0.479 e. The van der Waals surface area contributed by atoms with Gasteiger partial charge in [0.05, 0.1) is 0 Å². The molecular weight excluding hydrogens is 336 g/mol. The van der Waals surface area contributed by atoms with Crippen LogP contribution >= 0.6 is 0 Å². The fraction of sp³-hybridized carbons (Fsp3) is 0.526. The van der Waals surface area contributed by atoms with Crippen LogP contribution in [0.25, 0.3) is 0 Å². The van der Waals surface area contributed by atoms with Crippen LogP contribution in [0.5, 0.6) is 0 Å². The van der Waals surface area contributed by atoms with Gasteiger partial charge in [0.1, 0.15) is 18.2 Å². The number of hydrogen-bond acceptors (Lipinski definition) is 4. The summed E-state index contributed by atoms with van der Waals surface area (Å²) in [6.45, 7) is 7.26. The normalized spacial score (nSPS) is 19.8. The Balaban J connectivity index is 2.00. The Morgan fingerprint density at radius 1 is 1.23 bits per heavy atom. The summed E-state index contributed by atoms with van der Waals surface area (Å²) >= 11 is 0. The number of carboxylic acids is 1. The van der Waals surface area contributed by atoms with Crippen LogP contribution in [0.4, 0.5) is 4.79 Å². The predicted octanol–water partition coefficient (Wildman–Crippen LogP) is 2.40. The van der Waals surface area contributed by atoms with Gasteiger partial charge >= 0.3 is 12.1 Å². The molecule has 1 saturated heterocycles. The van der Waals surface area contributed by atoms with Crippen molar-refractivity contribution in [1.29, 1.82) is 0 Å². The number of alkyl carbamates (subject to hydrolysis) is 1. The van der Waals surface area contributed by atoms with E-state index in [0.717, 1.165) is 5.56 Å². The van der Waals surface area contributed by atoms with E-state index in [4.69, 9.17) is 4.74 Å². The Morgan fingerprint density at radius 2 is 1.85 bits per heavy atom. The van der Waals surface area contributed by atoms with E-state index in [9.17, 15) is 19.5 Å². The summed E-state index contributed by atoms with van der Waals surface area (Å²) in [5, 5.41) is 12.3. The van der Waals surface area contributed by atoms with Crippen molar-refractivity contribution in [2.45, 2.75) is 52.3 Å². The summed E-state index contributed by atoms with van der Waals surface area (Å²) in [5.74, 6) is -1.47. The first kappa shape index (κ1) is 19.8. The predicted molar refractivity (Wildman–Crippen MR) is 95.4 cm³/mol. The van der Waals surface area contributed by atoms with Crippen molar-refractivity contribution in [3.63, 3.8) is 0 Å². The lowest BCUT2D eigenvalue weighted by Crippen LogP contribution is -2.62. The molecule has 7 heteroatoms. The number of aliphatic carboxylic acids is 1. The number of amides is 2. The van der Waals surface area contributed by atoms with Crippen molar-refractivity contribution in [2.75, 3.05) is 6.54 Å². The summed E-state index contributed by atoms with van der Waals surface area (Å²) in [6.07, 6.45) is -0.347. The molecule has 1 aromatic carbocycles. The van der Waals surface area contributed by atoms with E-state index in [1.807, 2.05) is 30.3 Å². The highest BCUT2D eigenvalue weighted by atomic mass is 16.5. The second-order valence-corrected chi connectivity index (χ2v) is 7.66. The zero-order valence-corrected chi connectivity index (χ0v) is 15.6. The Labute approximate surface area is 153 Å². The molecule has 2 amide bonds. The molecule has 0 radical (unpaired) electrons. The monoisotopic (exact) mass is 362 g/mol. The van der Waals surface area contributed by atoms with Crippen LogP contribution in [0.3, 0.4) is 0 Å². The zero-order valence-electron chi connectivity index (χ0n) is 15.6. The van der Waals surface area contributed by atoms with E-state index in [2.05, 4.69) is 5.32 Å². The highest BCUT2D eigenvalue weighted by molar-refractivity contribution is 5.93. The molecule has 2 N–H and O–H groups in total. The molecular formula is C19H26N2O5. The Kier molecular flexibility index (Phi) is 5.59. The topological polar surface area (TPSA) is 95.9 Å². The summed E-state index contributed by atoms with van der Waals surface area (Å²) in [7, 11) is 0. The third kappa shape index (κ3) is 3.81. The number of rotatable bonds is 5. The molecule has 0 aromatic heterocycles. The van der Waals surface area contributed by atoms with Crippen LogP contribution in [0, 0.1) is 5.41 Å². The minimum absolute atomic E-state index is 0.103. The summed E-state index contributed by atoms with van der Waals surface area (Å²) in [5.41, 5.74) is -1.20. The van der Waals surface area contributed by atoms with Crippen LogP contribution in [-0.2, 0) is 20.9 Å². The maximum Gasteiger partial charge on any atom is 0.408 e. The van der Waals surface area contributed by atoms with E-state index >= 15 is 0 Å². The molecule has 0 unspecified atom stereocenters. The average Bonchev–Trinajstić information content (AvgIpc) is 2.93. The van der Waals surface area contributed by atoms with Crippen LogP contribution < -0.4 is 5.32 Å². The molecule has 7 nitrogen and oxygen atoms in total. The number of nitrogens with one attached hydrogen (secondary N) is 1. The third-order valence-corrected chi connectivity index (χ3v) is 5.13. The van der Waals surface area contributed by atoms with Gasteiger partial charge in [-0.3, -0.25) is 4.79 Å². The molecule has 1 heterocycles. The van der Waals surface area contributed by atoms with E-state index in [1.165, 1.54) is 4.90 Å². The van der Waals surface area contributed by atoms with Gasteiger partial charge in [-0.1, -0.05) is 51.1 Å². The number of hydrogen-bond donors (Lipinski definition) is 2. The zero-order chi connectivity index (χ0) is 19.5. The maximum atomic E-state index is 12.7. The van der Waals surface area contributed by atoms with Crippen LogP contribution in [0.1, 0.15) is 39.7 Å². The second-order valence-electron chi connectivity index (χ2n) is 7.66. The molecule has 0 spiro atoms. The summed E-state index contributed by atoms with van der Waals surface area (Å²) in [4.78, 5) is 37.9. The van der Waals surface area contributed by atoms with Crippen molar-refractivity contribution in [2.24, 2.45) is 5.41 Å². The smallest absolute Gasteiger partial charge is 0.408 e. The van der Waals surface area contributed by atoms with Crippen molar-refractivity contribution < 1.29 is 24.2 Å². The Morgan fingerprint density at radius 3 is 2.38 bits per heavy atom. The van der Waals surface area contributed by atoms with Gasteiger partial charge in [0.2, 0.25) is 5.91 Å². The standard InChI is InChI=1S/C19H26N2O5/c1-18(2,3)19(4,16(23)24)21-11-10-14(15(21)22)20-17(25)26-12-13-8-6-5-7-9-13/h5-9,14H,10-12H2,1-4H3,(H,20,25)(H,23,24)/t14-,19+/m1/s1. The summed E-state index contributed by atoms with van der Waals surface area (Å²) in [6, 6.07) is 8.43. The largest absolute Gasteiger partial charge is 0.479 e. The highest BCUT2D eigenvalue weighted by Gasteiger charge is 2.54. The van der Waals surface area contributed by atoms with Gasteiger partial charge in [-0.2, -0.15) is 0 Å². The minimum atomic E-state index is -1.37. The van der Waals surface area contributed by atoms with Crippen molar-refractivity contribution in [3.05, 3.63) is 35.9 Å². The first-order valence-corrected chi connectivity index (χ1v) is 8.59. The van der Waals surface area contributed by atoms with E-state index in [0.29, 0.717) is 6.42 Å². The molecule has 0 bridgehead atoms. The molecule has 2 atom stereocenters. The maximum absolute atomic E-state index is 12.7. The molecule has 1 aliphatic rings. The molecule has 1 fully saturated rings. The first-order valence-electron chi connectivity index (χ1n) is 8.59. The molecule has 142 valence electrons. The van der Waals surface area contributed by atoms with E-state index in [1.54, 1.807) is 27.7 Å². The van der Waals surface area contributed by atoms with E-state index in [-0.39, 0.29) is 13.2 Å². The van der Waals surface area contributed by atoms with Crippen molar-refractivity contribution in [3.8, 4) is 0 Å². The highest BCUT2D eigenvalue weighted by Crippen LogP contribution is 2.38. The van der Waals surface area contributed by atoms with Gasteiger partial charge in [-0.25, -0.2) is 9.59 Å². The van der Waals surface area contributed by atoms with Crippen LogP contribution in [-0.4, -0.2) is 46.1 Å². The first-order chi connectivity index (χ1) is 12.1. The number of carboxylic acid groups (broad SMARTS) is 1. The number of benzene rings is 1. The fourth-order valence-electron chi connectivity index (χ4n) is 3.01. The molecule has 0 saturated carbocycles. The van der Waals surface area contributed by atoms with Crippen molar-refractivity contribution >= 4 is 18.0 Å². The molecule has 2 rings (SSSR count). The Bertz CT molecular complexity index is 683. The lowest BCUT2D eigenvalue weighted by Gasteiger charge is -2.44. The van der Waals surface area contributed by atoms with Crippen LogP contribution in [0.2, 0.25) is 0 Å². The van der Waals surface area contributed by atoms with Gasteiger partial charge in [0.25, 0.3) is 0 Å². The van der Waals surface area contributed by atoms with Gasteiger partial charge in [0, 0.05) is 6.54 Å².